The number of nitrogens with zero attached hydrogens (tertiary/aromatic N) is 7. The first-order valence-corrected chi connectivity index (χ1v) is 12.5. The van der Waals surface area contributed by atoms with E-state index in [4.69, 9.17) is 10.5 Å². The Kier molecular flexibility index (Phi) is 7.08. The highest BCUT2D eigenvalue weighted by atomic mass is 16.5. The summed E-state index contributed by atoms with van der Waals surface area (Å²) in [5.41, 5.74) is 9.80. The smallest absolute Gasteiger partial charge is 0.276 e. The van der Waals surface area contributed by atoms with E-state index in [1.54, 1.807) is 32.1 Å². The number of imidazole rings is 1. The number of aromatic nitrogens is 7. The quantitative estimate of drug-likeness (QED) is 0.284. The van der Waals surface area contributed by atoms with Gasteiger partial charge in [0.15, 0.2) is 0 Å². The third kappa shape index (κ3) is 5.35. The number of hydrogen-bond acceptors (Lipinski definition) is 7. The van der Waals surface area contributed by atoms with Gasteiger partial charge in [-0.3, -0.25) is 24.3 Å². The van der Waals surface area contributed by atoms with E-state index in [0.717, 1.165) is 12.1 Å². The van der Waals surface area contributed by atoms with Gasteiger partial charge < -0.3 is 15.0 Å². The standard InChI is InChI=1S/C27H29N9O3/c1-4-36-22(12-17(2)32-36)26(38)30-27-29-21-13-19(25(28)37)14-23(39-3)24(21)35(27)16-20-15-34(33-31-20)11-10-18-8-6-5-7-9-18/h5-9,12-15H,4,10-11,16H2,1-3H3,(H2,28,37)(H,29,30,38). The average Bonchev–Trinajstić information content (AvgIpc) is 3.64. The minimum Gasteiger partial charge on any atom is -0.494 e. The highest BCUT2D eigenvalue weighted by Crippen LogP contribution is 2.31. The van der Waals surface area contributed by atoms with E-state index < -0.39 is 5.91 Å². The van der Waals surface area contributed by atoms with Gasteiger partial charge in [-0.2, -0.15) is 5.10 Å². The lowest BCUT2D eigenvalue weighted by molar-refractivity contribution is 0.0995. The minimum atomic E-state index is -0.612. The lowest BCUT2D eigenvalue weighted by Crippen LogP contribution is -2.20. The second-order valence-electron chi connectivity index (χ2n) is 9.08. The number of nitrogens with two attached hydrogens (primary N) is 1. The van der Waals surface area contributed by atoms with E-state index in [1.807, 2.05) is 38.2 Å². The van der Waals surface area contributed by atoms with Gasteiger partial charge in [-0.05, 0) is 44.0 Å². The van der Waals surface area contributed by atoms with Gasteiger partial charge in [0, 0.05) is 18.7 Å². The maximum atomic E-state index is 13.3. The zero-order valence-electron chi connectivity index (χ0n) is 22.0. The summed E-state index contributed by atoms with van der Waals surface area (Å²) in [5, 5.41) is 15.9. The van der Waals surface area contributed by atoms with Crippen molar-refractivity contribution in [3.63, 3.8) is 0 Å². The predicted molar refractivity (Wildman–Crippen MR) is 145 cm³/mol. The fourth-order valence-corrected chi connectivity index (χ4v) is 4.48. The summed E-state index contributed by atoms with van der Waals surface area (Å²) >= 11 is 0. The number of methoxy groups -OCH3 is 1. The van der Waals surface area contributed by atoms with E-state index in [0.29, 0.717) is 41.3 Å². The number of carbonyl (C=O) groups is 2. The molecule has 0 radical (unpaired) electrons. The SMILES string of the molecule is CCn1nc(C)cc1C(=O)Nc1nc2cc(C(N)=O)cc(OC)c2n1Cc1cn(CCc2ccccc2)nn1. The summed E-state index contributed by atoms with van der Waals surface area (Å²) in [6.07, 6.45) is 2.67. The van der Waals surface area contributed by atoms with E-state index in [1.165, 1.54) is 12.7 Å². The molecule has 200 valence electrons. The van der Waals surface area contributed by atoms with Crippen LogP contribution in [-0.4, -0.2) is 53.2 Å². The van der Waals surface area contributed by atoms with Crippen molar-refractivity contribution in [1.29, 1.82) is 0 Å². The van der Waals surface area contributed by atoms with E-state index in [9.17, 15) is 9.59 Å². The highest BCUT2D eigenvalue weighted by molar-refractivity contribution is 6.04. The van der Waals surface area contributed by atoms with Gasteiger partial charge in [0.2, 0.25) is 11.9 Å². The maximum Gasteiger partial charge on any atom is 0.276 e. The molecule has 0 aliphatic heterocycles. The molecule has 0 aliphatic rings. The average molecular weight is 528 g/mol. The Morgan fingerprint density at radius 3 is 2.64 bits per heavy atom. The first-order chi connectivity index (χ1) is 18.9. The number of anilines is 1. The van der Waals surface area contributed by atoms with Crippen LogP contribution in [0.15, 0.2) is 54.7 Å². The molecular weight excluding hydrogens is 498 g/mol. The number of nitrogens with one attached hydrogen (secondary N) is 1. The van der Waals surface area contributed by atoms with Crippen molar-refractivity contribution in [3.8, 4) is 5.75 Å². The van der Waals surface area contributed by atoms with Crippen LogP contribution in [0.5, 0.6) is 5.75 Å². The summed E-state index contributed by atoms with van der Waals surface area (Å²) in [6.45, 7) is 5.19. The lowest BCUT2D eigenvalue weighted by atomic mass is 10.1. The third-order valence-corrected chi connectivity index (χ3v) is 6.35. The third-order valence-electron chi connectivity index (χ3n) is 6.35. The zero-order chi connectivity index (χ0) is 27.5. The van der Waals surface area contributed by atoms with Gasteiger partial charge in [0.1, 0.15) is 22.7 Å². The van der Waals surface area contributed by atoms with Crippen LogP contribution in [0.3, 0.4) is 0 Å². The molecule has 0 bridgehead atoms. The van der Waals surface area contributed by atoms with Crippen LogP contribution in [0.1, 0.15) is 44.7 Å². The first-order valence-electron chi connectivity index (χ1n) is 12.5. The number of carbonyl (C=O) groups excluding carboxylic acids is 2. The van der Waals surface area contributed by atoms with Crippen LogP contribution >= 0.6 is 0 Å². The summed E-state index contributed by atoms with van der Waals surface area (Å²) < 4.78 is 10.8. The largest absolute Gasteiger partial charge is 0.494 e. The van der Waals surface area contributed by atoms with Crippen LogP contribution < -0.4 is 15.8 Å². The number of benzene rings is 2. The van der Waals surface area contributed by atoms with E-state index in [2.05, 4.69) is 37.8 Å². The Morgan fingerprint density at radius 2 is 1.92 bits per heavy atom. The van der Waals surface area contributed by atoms with Crippen molar-refractivity contribution in [2.24, 2.45) is 5.73 Å². The molecule has 12 heteroatoms. The van der Waals surface area contributed by atoms with Gasteiger partial charge in [0.05, 0.1) is 31.1 Å². The Morgan fingerprint density at radius 1 is 1.13 bits per heavy atom. The Balaban J connectivity index is 1.50. The molecule has 2 amide bonds. The van der Waals surface area contributed by atoms with Gasteiger partial charge in [-0.1, -0.05) is 35.5 Å². The number of rotatable bonds is 10. The number of fused-ring (bicyclic) bond motifs is 1. The Labute approximate surface area is 224 Å². The first kappa shape index (κ1) is 25.6. The van der Waals surface area contributed by atoms with E-state index in [-0.39, 0.29) is 24.0 Å². The van der Waals surface area contributed by atoms with Crippen molar-refractivity contribution in [2.75, 3.05) is 12.4 Å². The van der Waals surface area contributed by atoms with Gasteiger partial charge in [-0.15, -0.1) is 5.10 Å². The molecule has 0 atom stereocenters. The molecule has 0 unspecified atom stereocenters. The monoisotopic (exact) mass is 527 g/mol. The van der Waals surface area contributed by atoms with E-state index >= 15 is 0 Å². The summed E-state index contributed by atoms with van der Waals surface area (Å²) in [4.78, 5) is 29.8. The van der Waals surface area contributed by atoms with Crippen molar-refractivity contribution in [3.05, 3.63) is 82.9 Å². The van der Waals surface area contributed by atoms with Crippen LogP contribution in [0.4, 0.5) is 5.95 Å². The molecule has 39 heavy (non-hydrogen) atoms. The molecule has 0 saturated carbocycles. The summed E-state index contributed by atoms with van der Waals surface area (Å²) in [5.74, 6) is -0.330. The second kappa shape index (κ2) is 10.8. The number of hydrogen-bond donors (Lipinski definition) is 2. The second-order valence-corrected chi connectivity index (χ2v) is 9.08. The van der Waals surface area contributed by atoms with Crippen molar-refractivity contribution < 1.29 is 14.3 Å². The fourth-order valence-electron chi connectivity index (χ4n) is 4.48. The molecule has 0 saturated heterocycles. The Hall–Kier alpha value is -5.00. The molecule has 0 spiro atoms. The van der Waals surface area contributed by atoms with Crippen LogP contribution in [0.2, 0.25) is 0 Å². The van der Waals surface area contributed by atoms with Crippen molar-refractivity contribution in [1.82, 2.24) is 34.3 Å². The van der Waals surface area contributed by atoms with Gasteiger partial charge >= 0.3 is 0 Å². The normalized spacial score (nSPS) is 11.2. The minimum absolute atomic E-state index is 0.244. The van der Waals surface area contributed by atoms with Crippen LogP contribution in [0, 0.1) is 6.92 Å². The number of ether oxygens (including phenoxy) is 1. The number of primary amides is 1. The molecule has 0 fully saturated rings. The maximum absolute atomic E-state index is 13.3. The number of amides is 2. The summed E-state index contributed by atoms with van der Waals surface area (Å²) in [6, 6.07) is 15.0. The molecule has 12 nitrogen and oxygen atoms in total. The molecule has 3 N–H and O–H groups in total. The lowest BCUT2D eigenvalue weighted by Gasteiger charge is -2.11. The topological polar surface area (TPSA) is 148 Å². The van der Waals surface area contributed by atoms with Crippen molar-refractivity contribution in [2.45, 2.75) is 39.9 Å². The van der Waals surface area contributed by atoms with Crippen LogP contribution in [-0.2, 0) is 26.1 Å². The summed E-state index contributed by atoms with van der Waals surface area (Å²) in [7, 11) is 1.50. The van der Waals surface area contributed by atoms with Crippen LogP contribution in [0.25, 0.3) is 11.0 Å². The molecule has 5 rings (SSSR count). The number of aryl methyl sites for hydroxylation is 4. The molecule has 3 aromatic heterocycles. The Bertz CT molecular complexity index is 1650. The highest BCUT2D eigenvalue weighted by Gasteiger charge is 2.22. The molecule has 2 aromatic carbocycles. The molecule has 0 aliphatic carbocycles. The molecular formula is C27H29N9O3. The van der Waals surface area contributed by atoms with Gasteiger partial charge in [0.25, 0.3) is 5.91 Å². The zero-order valence-corrected chi connectivity index (χ0v) is 22.0. The molecule has 5 aromatic rings. The van der Waals surface area contributed by atoms with Crippen molar-refractivity contribution >= 4 is 28.8 Å². The van der Waals surface area contributed by atoms with Gasteiger partial charge in [-0.25, -0.2) is 4.98 Å². The molecule has 3 heterocycles. The fraction of sp³-hybridized carbons (Fsp3) is 0.259. The predicted octanol–water partition coefficient (Wildman–Crippen LogP) is 2.80.